The van der Waals surface area contributed by atoms with Crippen LogP contribution in [0.2, 0.25) is 0 Å². The minimum absolute atomic E-state index is 0.0319. The molecule has 0 spiro atoms. The van der Waals surface area contributed by atoms with E-state index in [9.17, 15) is 14.7 Å². The number of nitrogens with zero attached hydrogens (tertiary/aromatic N) is 2. The van der Waals surface area contributed by atoms with Crippen LogP contribution in [0.4, 0.5) is 5.82 Å². The Labute approximate surface area is 157 Å². The molecule has 0 bridgehead atoms. The zero-order chi connectivity index (χ0) is 19.6. The highest BCUT2D eigenvalue weighted by atomic mass is 16.6. The van der Waals surface area contributed by atoms with E-state index in [1.165, 1.54) is 23.8 Å². The number of methoxy groups -OCH3 is 1. The van der Waals surface area contributed by atoms with E-state index in [1.807, 2.05) is 6.92 Å². The summed E-state index contributed by atoms with van der Waals surface area (Å²) in [4.78, 5) is 27.5. The number of carbonyl (C=O) groups excluding carboxylic acids is 1. The molecule has 9 nitrogen and oxygen atoms in total. The average Bonchev–Trinajstić information content (AvgIpc) is 3.20. The van der Waals surface area contributed by atoms with E-state index >= 15 is 0 Å². The molecule has 0 radical (unpaired) electrons. The summed E-state index contributed by atoms with van der Waals surface area (Å²) in [5.74, 6) is -0.145. The second-order valence-corrected chi connectivity index (χ2v) is 6.99. The minimum Gasteiger partial charge on any atom is -0.388 e. The molecule has 2 N–H and O–H groups in total. The molecule has 2 aliphatic rings. The number of rotatable bonds is 6. The van der Waals surface area contributed by atoms with Gasteiger partial charge in [0.05, 0.1) is 18.3 Å². The lowest BCUT2D eigenvalue weighted by Gasteiger charge is -2.28. The highest BCUT2D eigenvalue weighted by Gasteiger charge is 2.47. The van der Waals surface area contributed by atoms with Crippen LogP contribution < -0.4 is 11.0 Å². The number of hydrogen-bond donors (Lipinski definition) is 2. The number of amides is 1. The second kappa shape index (κ2) is 8.47. The molecule has 1 aliphatic heterocycles. The van der Waals surface area contributed by atoms with Gasteiger partial charge in [-0.05, 0) is 31.7 Å². The van der Waals surface area contributed by atoms with E-state index in [4.69, 9.17) is 14.2 Å². The first-order chi connectivity index (χ1) is 12.9. The largest absolute Gasteiger partial charge is 0.388 e. The Hall–Kier alpha value is -1.81. The van der Waals surface area contributed by atoms with Gasteiger partial charge in [-0.15, -0.1) is 0 Å². The molecule has 3 rings (SSSR count). The number of ether oxygens (including phenoxy) is 3. The fourth-order valence-electron chi connectivity index (χ4n) is 3.80. The zero-order valence-electron chi connectivity index (χ0n) is 15.8. The lowest BCUT2D eigenvalue weighted by Crippen LogP contribution is -2.41. The maximum atomic E-state index is 12.5. The monoisotopic (exact) mass is 381 g/mol. The molecule has 1 unspecified atom stereocenters. The van der Waals surface area contributed by atoms with Crippen LogP contribution in [0.25, 0.3) is 0 Å². The van der Waals surface area contributed by atoms with Crippen LogP contribution in [-0.2, 0) is 19.0 Å². The third-order valence-electron chi connectivity index (χ3n) is 5.15. The van der Waals surface area contributed by atoms with Crippen LogP contribution in [-0.4, -0.2) is 58.2 Å². The number of aliphatic hydroxyl groups is 1. The molecular weight excluding hydrogens is 354 g/mol. The fraction of sp³-hybridized carbons (Fsp3) is 0.722. The molecule has 1 amide bonds. The van der Waals surface area contributed by atoms with Gasteiger partial charge in [-0.3, -0.25) is 9.36 Å². The Bertz CT molecular complexity index is 723. The van der Waals surface area contributed by atoms with Crippen LogP contribution >= 0.6 is 0 Å². The SMILES string of the molecule is CC[C@H]1O[C@@H](n2ccc(NC(C)=O)nc2=O)C(O[C@@H]2CCC[C@H]2OC)[C@H]1O. The van der Waals surface area contributed by atoms with Gasteiger partial charge in [0.2, 0.25) is 5.91 Å². The van der Waals surface area contributed by atoms with Crippen LogP contribution in [0.3, 0.4) is 0 Å². The molecule has 6 atom stereocenters. The quantitative estimate of drug-likeness (QED) is 0.750. The molecule has 1 aromatic rings. The summed E-state index contributed by atoms with van der Waals surface area (Å²) < 4.78 is 18.9. The summed E-state index contributed by atoms with van der Waals surface area (Å²) >= 11 is 0. The summed E-state index contributed by atoms with van der Waals surface area (Å²) in [5.41, 5.74) is -0.585. The van der Waals surface area contributed by atoms with Crippen LogP contribution in [0.5, 0.6) is 0 Å². The molecule has 2 heterocycles. The van der Waals surface area contributed by atoms with Gasteiger partial charge in [0.1, 0.15) is 18.0 Å². The van der Waals surface area contributed by atoms with Crippen molar-refractivity contribution < 1.29 is 24.1 Å². The molecule has 2 fully saturated rings. The van der Waals surface area contributed by atoms with E-state index in [0.717, 1.165) is 19.3 Å². The molecule has 1 aromatic heterocycles. The number of hydrogen-bond acceptors (Lipinski definition) is 7. The van der Waals surface area contributed by atoms with Gasteiger partial charge in [-0.2, -0.15) is 4.98 Å². The molecule has 0 aromatic carbocycles. The van der Waals surface area contributed by atoms with Gasteiger partial charge in [-0.25, -0.2) is 4.79 Å². The molecule has 1 aliphatic carbocycles. The lowest BCUT2D eigenvalue weighted by atomic mass is 10.1. The van der Waals surface area contributed by atoms with Gasteiger partial charge in [-0.1, -0.05) is 6.92 Å². The zero-order valence-corrected chi connectivity index (χ0v) is 15.8. The minimum atomic E-state index is -0.861. The van der Waals surface area contributed by atoms with E-state index in [2.05, 4.69) is 10.3 Å². The molecular formula is C18H27N3O6. The molecule has 150 valence electrons. The van der Waals surface area contributed by atoms with Gasteiger partial charge in [0.25, 0.3) is 0 Å². The lowest BCUT2D eigenvalue weighted by molar-refractivity contribution is -0.130. The number of anilines is 1. The third kappa shape index (κ3) is 4.21. The highest BCUT2D eigenvalue weighted by molar-refractivity contribution is 5.87. The van der Waals surface area contributed by atoms with Crippen LogP contribution in [0, 0.1) is 0 Å². The van der Waals surface area contributed by atoms with Crippen molar-refractivity contribution in [3.8, 4) is 0 Å². The first-order valence-corrected chi connectivity index (χ1v) is 9.33. The van der Waals surface area contributed by atoms with Gasteiger partial charge in [0, 0.05) is 20.2 Å². The van der Waals surface area contributed by atoms with Gasteiger partial charge in [0.15, 0.2) is 6.23 Å². The normalized spacial score (nSPS) is 33.3. The molecule has 1 saturated heterocycles. The number of carbonyl (C=O) groups is 1. The smallest absolute Gasteiger partial charge is 0.351 e. The van der Waals surface area contributed by atoms with Crippen molar-refractivity contribution in [3.63, 3.8) is 0 Å². The Morgan fingerprint density at radius 1 is 1.44 bits per heavy atom. The van der Waals surface area contributed by atoms with Crippen molar-refractivity contribution in [2.24, 2.45) is 0 Å². The average molecular weight is 381 g/mol. The Balaban J connectivity index is 1.85. The van der Waals surface area contributed by atoms with Crippen molar-refractivity contribution in [3.05, 3.63) is 22.7 Å². The van der Waals surface area contributed by atoms with Gasteiger partial charge >= 0.3 is 5.69 Å². The van der Waals surface area contributed by atoms with E-state index in [0.29, 0.717) is 6.42 Å². The number of nitrogens with one attached hydrogen (secondary N) is 1. The van der Waals surface area contributed by atoms with Crippen molar-refractivity contribution in [1.29, 1.82) is 0 Å². The summed E-state index contributed by atoms with van der Waals surface area (Å²) in [6.07, 6.45) is 1.81. The summed E-state index contributed by atoms with van der Waals surface area (Å²) in [5, 5.41) is 13.2. The topological polar surface area (TPSA) is 112 Å². The van der Waals surface area contributed by atoms with Crippen LogP contribution in [0.15, 0.2) is 17.1 Å². The van der Waals surface area contributed by atoms with E-state index in [1.54, 1.807) is 7.11 Å². The highest BCUT2D eigenvalue weighted by Crippen LogP contribution is 2.36. The van der Waals surface area contributed by atoms with Crippen molar-refractivity contribution in [2.45, 2.75) is 76.3 Å². The summed E-state index contributed by atoms with van der Waals surface area (Å²) in [6.45, 7) is 3.24. The molecule has 1 saturated carbocycles. The van der Waals surface area contributed by atoms with Gasteiger partial charge < -0.3 is 24.6 Å². The Kier molecular flexibility index (Phi) is 6.25. The fourth-order valence-corrected chi connectivity index (χ4v) is 3.80. The van der Waals surface area contributed by atoms with E-state index < -0.39 is 30.2 Å². The maximum Gasteiger partial charge on any atom is 0.351 e. The Morgan fingerprint density at radius 2 is 2.19 bits per heavy atom. The number of aromatic nitrogens is 2. The summed E-state index contributed by atoms with van der Waals surface area (Å²) in [7, 11) is 1.65. The molecule has 9 heteroatoms. The first kappa shape index (κ1) is 19.9. The predicted octanol–water partition coefficient (Wildman–Crippen LogP) is 0.823. The third-order valence-corrected chi connectivity index (χ3v) is 5.15. The predicted molar refractivity (Wildman–Crippen MR) is 96.3 cm³/mol. The van der Waals surface area contributed by atoms with Crippen LogP contribution in [0.1, 0.15) is 45.8 Å². The molecule has 27 heavy (non-hydrogen) atoms. The first-order valence-electron chi connectivity index (χ1n) is 9.33. The summed E-state index contributed by atoms with van der Waals surface area (Å²) in [6, 6.07) is 1.52. The van der Waals surface area contributed by atoms with E-state index in [-0.39, 0.29) is 23.9 Å². The maximum absolute atomic E-state index is 12.5. The van der Waals surface area contributed by atoms with Crippen molar-refractivity contribution in [1.82, 2.24) is 9.55 Å². The Morgan fingerprint density at radius 3 is 2.81 bits per heavy atom. The standard InChI is InChI=1S/C18H27N3O6/c1-4-11-15(23)16(26-13-7-5-6-12(13)25-3)17(27-11)21-9-8-14(19-10(2)22)20-18(21)24/h8-9,11-13,15-17,23H,4-7H2,1-3H3,(H,19,20,22,24)/t11-,12-,13-,15+,16?,17-/m1/s1. The second-order valence-electron chi connectivity index (χ2n) is 6.99. The van der Waals surface area contributed by atoms with Crippen molar-refractivity contribution in [2.75, 3.05) is 12.4 Å². The number of aliphatic hydroxyl groups excluding tert-OH is 1. The van der Waals surface area contributed by atoms with Crippen molar-refractivity contribution >= 4 is 11.7 Å².